The van der Waals surface area contributed by atoms with E-state index in [2.05, 4.69) is 20.6 Å². The van der Waals surface area contributed by atoms with Crippen LogP contribution in [0.4, 0.5) is 5.13 Å². The number of carbonyl (C=O) groups is 1. The SMILES string of the molecule is O=C(Nc1ncc(C2CCNCC2)s1)c1csc2cncn12. The van der Waals surface area contributed by atoms with Crippen LogP contribution in [-0.4, -0.2) is 33.4 Å². The van der Waals surface area contributed by atoms with Crippen molar-refractivity contribution in [3.05, 3.63) is 34.7 Å². The van der Waals surface area contributed by atoms with Gasteiger partial charge in [-0.25, -0.2) is 9.97 Å². The Kier molecular flexibility index (Phi) is 3.65. The molecule has 4 heterocycles. The topological polar surface area (TPSA) is 71.3 Å². The number of thiazole rings is 2. The van der Waals surface area contributed by atoms with Crippen LogP contribution in [-0.2, 0) is 0 Å². The lowest BCUT2D eigenvalue weighted by Gasteiger charge is -2.20. The van der Waals surface area contributed by atoms with Crippen LogP contribution in [0.1, 0.15) is 34.1 Å². The van der Waals surface area contributed by atoms with E-state index in [1.165, 1.54) is 16.2 Å². The highest BCUT2D eigenvalue weighted by Gasteiger charge is 2.19. The van der Waals surface area contributed by atoms with Crippen LogP contribution >= 0.6 is 22.7 Å². The lowest BCUT2D eigenvalue weighted by Crippen LogP contribution is -2.26. The van der Waals surface area contributed by atoms with Gasteiger partial charge in [-0.05, 0) is 31.8 Å². The first-order chi connectivity index (χ1) is 10.8. The quantitative estimate of drug-likeness (QED) is 0.773. The largest absolute Gasteiger partial charge is 0.317 e. The number of hydrogen-bond donors (Lipinski definition) is 2. The number of carbonyl (C=O) groups excluding carboxylic acids is 1. The molecule has 8 heteroatoms. The van der Waals surface area contributed by atoms with Crippen LogP contribution in [0.3, 0.4) is 0 Å². The zero-order valence-electron chi connectivity index (χ0n) is 11.8. The summed E-state index contributed by atoms with van der Waals surface area (Å²) in [7, 11) is 0. The number of fused-ring (bicyclic) bond motifs is 1. The van der Waals surface area contributed by atoms with Crippen LogP contribution in [0.2, 0.25) is 0 Å². The Labute approximate surface area is 135 Å². The Morgan fingerprint density at radius 1 is 1.36 bits per heavy atom. The van der Waals surface area contributed by atoms with Gasteiger partial charge in [-0.15, -0.1) is 22.7 Å². The summed E-state index contributed by atoms with van der Waals surface area (Å²) in [5.74, 6) is 0.418. The fraction of sp³-hybridized carbons (Fsp3) is 0.357. The second-order valence-electron chi connectivity index (χ2n) is 5.27. The number of imidazole rings is 1. The molecular weight excluding hydrogens is 318 g/mol. The summed E-state index contributed by atoms with van der Waals surface area (Å²) in [6.45, 7) is 2.11. The zero-order valence-corrected chi connectivity index (χ0v) is 13.4. The number of nitrogens with one attached hydrogen (secondary N) is 2. The van der Waals surface area contributed by atoms with Crippen LogP contribution in [0, 0.1) is 0 Å². The van der Waals surface area contributed by atoms with Crippen molar-refractivity contribution in [2.24, 2.45) is 0 Å². The number of amides is 1. The minimum Gasteiger partial charge on any atom is -0.317 e. The minimum absolute atomic E-state index is 0.143. The first-order valence-corrected chi connectivity index (χ1v) is 8.88. The summed E-state index contributed by atoms with van der Waals surface area (Å²) in [6.07, 6.45) is 7.57. The molecule has 1 fully saturated rings. The maximum absolute atomic E-state index is 12.4. The van der Waals surface area contributed by atoms with E-state index in [1.807, 2.05) is 11.6 Å². The number of rotatable bonds is 3. The average Bonchev–Trinajstić information content (AvgIpc) is 3.24. The summed E-state index contributed by atoms with van der Waals surface area (Å²) >= 11 is 3.08. The van der Waals surface area contributed by atoms with Crippen molar-refractivity contribution in [1.29, 1.82) is 0 Å². The van der Waals surface area contributed by atoms with E-state index in [-0.39, 0.29) is 5.91 Å². The maximum atomic E-state index is 12.4. The van der Waals surface area contributed by atoms with Gasteiger partial charge < -0.3 is 5.32 Å². The molecule has 3 aromatic heterocycles. The highest BCUT2D eigenvalue weighted by atomic mass is 32.1. The standard InChI is InChI=1S/C14H15N5OS2/c20-13(10-7-21-12-6-16-8-19(10)12)18-14-17-5-11(22-14)9-1-3-15-4-2-9/h5-9,15H,1-4H2,(H,17,18,20). The molecule has 2 N–H and O–H groups in total. The molecule has 0 atom stereocenters. The third-order valence-electron chi connectivity index (χ3n) is 3.87. The van der Waals surface area contributed by atoms with Crippen LogP contribution in [0.25, 0.3) is 4.83 Å². The molecule has 1 amide bonds. The number of piperidine rings is 1. The molecule has 3 aromatic rings. The molecule has 6 nitrogen and oxygen atoms in total. The smallest absolute Gasteiger partial charge is 0.275 e. The predicted molar refractivity (Wildman–Crippen MR) is 88.0 cm³/mol. The Hall–Kier alpha value is -1.77. The average molecular weight is 333 g/mol. The second kappa shape index (κ2) is 5.79. The molecule has 0 unspecified atom stereocenters. The molecule has 0 radical (unpaired) electrons. The summed E-state index contributed by atoms with van der Waals surface area (Å²) < 4.78 is 1.79. The Balaban J connectivity index is 1.50. The highest BCUT2D eigenvalue weighted by molar-refractivity contribution is 7.16. The van der Waals surface area contributed by atoms with Gasteiger partial charge >= 0.3 is 0 Å². The van der Waals surface area contributed by atoms with Gasteiger partial charge in [0.05, 0.1) is 6.20 Å². The molecule has 4 rings (SSSR count). The van der Waals surface area contributed by atoms with Crippen molar-refractivity contribution in [1.82, 2.24) is 19.7 Å². The molecule has 0 spiro atoms. The van der Waals surface area contributed by atoms with E-state index < -0.39 is 0 Å². The van der Waals surface area contributed by atoms with Gasteiger partial charge in [0.2, 0.25) is 0 Å². The predicted octanol–water partition coefficient (Wildman–Crippen LogP) is 2.57. The van der Waals surface area contributed by atoms with Gasteiger partial charge in [0.25, 0.3) is 5.91 Å². The lowest BCUT2D eigenvalue weighted by molar-refractivity contribution is 0.102. The van der Waals surface area contributed by atoms with Gasteiger partial charge in [-0.2, -0.15) is 0 Å². The first kappa shape index (κ1) is 13.9. The minimum atomic E-state index is -0.143. The number of anilines is 1. The Morgan fingerprint density at radius 2 is 2.23 bits per heavy atom. The Bertz CT molecular complexity index is 799. The highest BCUT2D eigenvalue weighted by Crippen LogP contribution is 2.31. The first-order valence-electron chi connectivity index (χ1n) is 7.18. The molecule has 0 bridgehead atoms. The molecular formula is C14H15N5OS2. The van der Waals surface area contributed by atoms with Crippen molar-refractivity contribution in [3.8, 4) is 0 Å². The fourth-order valence-electron chi connectivity index (χ4n) is 2.69. The third-order valence-corrected chi connectivity index (χ3v) is 5.83. The van der Waals surface area contributed by atoms with Crippen molar-refractivity contribution in [2.45, 2.75) is 18.8 Å². The van der Waals surface area contributed by atoms with Gasteiger partial charge in [0.15, 0.2) is 5.13 Å². The van der Waals surface area contributed by atoms with Crippen molar-refractivity contribution in [3.63, 3.8) is 0 Å². The summed E-state index contributed by atoms with van der Waals surface area (Å²) in [5.41, 5.74) is 0.594. The van der Waals surface area contributed by atoms with Crippen LogP contribution in [0.5, 0.6) is 0 Å². The molecule has 1 aliphatic rings. The fourth-order valence-corrected chi connectivity index (χ4v) is 4.50. The maximum Gasteiger partial charge on any atom is 0.275 e. The second-order valence-corrected chi connectivity index (χ2v) is 7.22. The molecule has 114 valence electrons. The normalized spacial score (nSPS) is 16.2. The van der Waals surface area contributed by atoms with Crippen LogP contribution < -0.4 is 10.6 Å². The van der Waals surface area contributed by atoms with Crippen molar-refractivity contribution < 1.29 is 4.79 Å². The molecule has 1 saturated heterocycles. The van der Waals surface area contributed by atoms with Crippen molar-refractivity contribution >= 4 is 38.5 Å². The summed E-state index contributed by atoms with van der Waals surface area (Å²) in [5, 5.41) is 8.77. The van der Waals surface area contributed by atoms with E-state index in [9.17, 15) is 4.79 Å². The molecule has 0 aromatic carbocycles. The van der Waals surface area contributed by atoms with Gasteiger partial charge in [0.1, 0.15) is 16.9 Å². The van der Waals surface area contributed by atoms with Crippen LogP contribution in [0.15, 0.2) is 24.1 Å². The molecule has 0 aliphatic carbocycles. The van der Waals surface area contributed by atoms with E-state index in [1.54, 1.807) is 28.3 Å². The van der Waals surface area contributed by atoms with Gasteiger partial charge in [0, 0.05) is 16.5 Å². The van der Waals surface area contributed by atoms with Gasteiger partial charge in [-0.3, -0.25) is 14.5 Å². The van der Waals surface area contributed by atoms with E-state index in [4.69, 9.17) is 0 Å². The zero-order chi connectivity index (χ0) is 14.9. The summed E-state index contributed by atoms with van der Waals surface area (Å²) in [6, 6.07) is 0. The van der Waals surface area contributed by atoms with E-state index in [0.717, 1.165) is 30.8 Å². The van der Waals surface area contributed by atoms with Crippen molar-refractivity contribution in [2.75, 3.05) is 18.4 Å². The number of hydrogen-bond acceptors (Lipinski definition) is 6. The summed E-state index contributed by atoms with van der Waals surface area (Å²) in [4.78, 5) is 23.0. The molecule has 1 aliphatic heterocycles. The lowest BCUT2D eigenvalue weighted by atomic mass is 9.97. The number of aromatic nitrogens is 3. The van der Waals surface area contributed by atoms with E-state index >= 15 is 0 Å². The number of nitrogens with zero attached hydrogens (tertiary/aromatic N) is 3. The molecule has 22 heavy (non-hydrogen) atoms. The Morgan fingerprint density at radius 3 is 3.09 bits per heavy atom. The molecule has 0 saturated carbocycles. The monoisotopic (exact) mass is 333 g/mol. The van der Waals surface area contributed by atoms with Gasteiger partial charge in [-0.1, -0.05) is 0 Å². The third kappa shape index (κ3) is 2.53. The van der Waals surface area contributed by atoms with E-state index in [0.29, 0.717) is 16.7 Å².